The summed E-state index contributed by atoms with van der Waals surface area (Å²) in [5.41, 5.74) is 11.8. The van der Waals surface area contributed by atoms with E-state index in [0.717, 1.165) is 49.2 Å². The van der Waals surface area contributed by atoms with Crippen molar-refractivity contribution < 1.29 is 19.7 Å². The number of hydrogen-bond donors (Lipinski definition) is 3. The van der Waals surface area contributed by atoms with E-state index in [1.54, 1.807) is 9.20 Å². The van der Waals surface area contributed by atoms with Crippen molar-refractivity contribution in [3.8, 4) is 17.0 Å². The molecule has 2 saturated heterocycles. The number of rotatable bonds is 7. The van der Waals surface area contributed by atoms with Crippen LogP contribution in [0.1, 0.15) is 24.4 Å². The number of fused-ring (bicyclic) bond motifs is 2. The van der Waals surface area contributed by atoms with E-state index >= 15 is 0 Å². The summed E-state index contributed by atoms with van der Waals surface area (Å²) in [5.74, 6) is 0.883. The number of piperazine rings is 1. The Morgan fingerprint density at radius 2 is 1.86 bits per heavy atom. The number of ether oxygens (including phenoxy) is 2. The van der Waals surface area contributed by atoms with Crippen LogP contribution in [-0.2, 0) is 18.2 Å². The molecule has 4 atom stereocenters. The summed E-state index contributed by atoms with van der Waals surface area (Å²) < 4.78 is 15.6. The number of aromatic nitrogens is 6. The van der Waals surface area contributed by atoms with E-state index < -0.39 is 24.4 Å². The first-order chi connectivity index (χ1) is 21.3. The molecule has 4 aromatic heterocycles. The monoisotopic (exact) mass is 599 g/mol. The van der Waals surface area contributed by atoms with Gasteiger partial charge in [-0.1, -0.05) is 6.92 Å². The van der Waals surface area contributed by atoms with Gasteiger partial charge in [0, 0.05) is 67.8 Å². The molecule has 0 spiro atoms. The fourth-order valence-corrected chi connectivity index (χ4v) is 6.18. The van der Waals surface area contributed by atoms with Crippen molar-refractivity contribution in [2.24, 2.45) is 7.05 Å². The Kier molecular flexibility index (Phi) is 7.33. The third-order valence-corrected chi connectivity index (χ3v) is 8.69. The van der Waals surface area contributed by atoms with Gasteiger partial charge in [0.15, 0.2) is 5.82 Å². The summed E-state index contributed by atoms with van der Waals surface area (Å²) >= 11 is 0. The molecular weight excluding hydrogens is 562 g/mol. The maximum Gasteiger partial charge on any atom is 0.152 e. The Morgan fingerprint density at radius 1 is 1.05 bits per heavy atom. The smallest absolute Gasteiger partial charge is 0.152 e. The van der Waals surface area contributed by atoms with Crippen LogP contribution >= 0.6 is 0 Å². The lowest BCUT2D eigenvalue weighted by Gasteiger charge is -2.34. The van der Waals surface area contributed by atoms with Crippen molar-refractivity contribution in [1.82, 2.24) is 34.3 Å². The molecule has 4 N–H and O–H groups in total. The van der Waals surface area contributed by atoms with Crippen molar-refractivity contribution in [1.29, 1.82) is 0 Å². The Bertz CT molecular complexity index is 1810. The van der Waals surface area contributed by atoms with Crippen molar-refractivity contribution in [3.05, 3.63) is 60.3 Å². The summed E-state index contributed by atoms with van der Waals surface area (Å²) in [5, 5.41) is 32.1. The van der Waals surface area contributed by atoms with Gasteiger partial charge in [0.05, 0.1) is 16.9 Å². The van der Waals surface area contributed by atoms with Gasteiger partial charge in [-0.2, -0.15) is 10.2 Å². The van der Waals surface area contributed by atoms with Gasteiger partial charge in [0.25, 0.3) is 0 Å². The Balaban J connectivity index is 1.13. The lowest BCUT2D eigenvalue weighted by atomic mass is 10.1. The highest BCUT2D eigenvalue weighted by Gasteiger charge is 2.45. The Hall–Kier alpha value is -4.30. The molecule has 44 heavy (non-hydrogen) atoms. The summed E-state index contributed by atoms with van der Waals surface area (Å²) in [7, 11) is 3.98. The number of anilines is 2. The molecule has 0 bridgehead atoms. The van der Waals surface area contributed by atoms with Crippen molar-refractivity contribution in [2.45, 2.75) is 37.8 Å². The molecule has 0 radical (unpaired) electrons. The fourth-order valence-electron chi connectivity index (χ4n) is 6.18. The first kappa shape index (κ1) is 28.5. The van der Waals surface area contributed by atoms with Crippen LogP contribution in [0.3, 0.4) is 0 Å². The fraction of sp³-hybridized carbons (Fsp3) is 0.419. The number of likely N-dealkylation sites (N-methyl/N-ethyl adjacent to an activating group) is 1. The maximum absolute atomic E-state index is 11.1. The average molecular weight is 600 g/mol. The van der Waals surface area contributed by atoms with E-state index in [1.807, 2.05) is 43.6 Å². The predicted octanol–water partition coefficient (Wildman–Crippen LogP) is 1.82. The van der Waals surface area contributed by atoms with Crippen LogP contribution in [0.2, 0.25) is 0 Å². The Labute approximate surface area is 254 Å². The molecule has 13 heteroatoms. The number of aliphatic hydroxyl groups is 2. The molecule has 0 amide bonds. The second-order valence-corrected chi connectivity index (χ2v) is 11.6. The first-order valence-corrected chi connectivity index (χ1v) is 14.9. The van der Waals surface area contributed by atoms with E-state index in [9.17, 15) is 10.2 Å². The second kappa shape index (κ2) is 11.3. The summed E-state index contributed by atoms with van der Waals surface area (Å²) in [6.45, 7) is 6.12. The maximum atomic E-state index is 11.1. The van der Waals surface area contributed by atoms with Crippen molar-refractivity contribution >= 4 is 27.9 Å². The van der Waals surface area contributed by atoms with Gasteiger partial charge >= 0.3 is 0 Å². The molecule has 0 aliphatic carbocycles. The van der Waals surface area contributed by atoms with Crippen LogP contribution in [0.5, 0.6) is 5.75 Å². The second-order valence-electron chi connectivity index (χ2n) is 11.6. The van der Waals surface area contributed by atoms with E-state index in [4.69, 9.17) is 20.2 Å². The summed E-state index contributed by atoms with van der Waals surface area (Å²) in [6, 6.07) is 11.8. The van der Waals surface area contributed by atoms with Gasteiger partial charge in [-0.25, -0.2) is 9.50 Å². The van der Waals surface area contributed by atoms with Crippen LogP contribution in [0.4, 0.5) is 11.5 Å². The lowest BCUT2D eigenvalue weighted by Crippen LogP contribution is -2.44. The molecule has 230 valence electrons. The van der Waals surface area contributed by atoms with E-state index in [1.165, 1.54) is 12.0 Å². The van der Waals surface area contributed by atoms with Crippen molar-refractivity contribution in [3.63, 3.8) is 0 Å². The highest BCUT2D eigenvalue weighted by Crippen LogP contribution is 2.39. The topological polar surface area (TPSA) is 152 Å². The molecule has 13 nitrogen and oxygen atoms in total. The quantitative estimate of drug-likeness (QED) is 0.251. The highest BCUT2D eigenvalue weighted by atomic mass is 16.6. The third kappa shape index (κ3) is 5.01. The number of aliphatic hydroxyl groups excluding tert-OH is 2. The van der Waals surface area contributed by atoms with Crippen LogP contribution in [0.25, 0.3) is 27.7 Å². The van der Waals surface area contributed by atoms with E-state index in [0.29, 0.717) is 28.2 Å². The minimum absolute atomic E-state index is 0.0343. The number of nitrogens with two attached hydrogens (primary N) is 1. The third-order valence-electron chi connectivity index (χ3n) is 8.69. The zero-order chi connectivity index (χ0) is 30.5. The zero-order valence-corrected chi connectivity index (χ0v) is 25.0. The van der Waals surface area contributed by atoms with Gasteiger partial charge < -0.3 is 35.2 Å². The summed E-state index contributed by atoms with van der Waals surface area (Å²) in [6.07, 6.45) is -0.0630. The first-order valence-electron chi connectivity index (χ1n) is 14.9. The molecule has 6 heterocycles. The molecule has 2 aliphatic rings. The van der Waals surface area contributed by atoms with Crippen LogP contribution < -0.4 is 15.4 Å². The minimum atomic E-state index is -1.22. The molecule has 0 saturated carbocycles. The number of pyridine rings is 1. The predicted molar refractivity (Wildman–Crippen MR) is 166 cm³/mol. The summed E-state index contributed by atoms with van der Waals surface area (Å²) in [4.78, 5) is 13.8. The number of aryl methyl sites for hydroxylation is 2. The number of nitrogen functional groups attached to an aromatic ring is 1. The molecule has 7 rings (SSSR count). The van der Waals surface area contributed by atoms with Gasteiger partial charge in [-0.05, 0) is 43.8 Å². The van der Waals surface area contributed by atoms with Crippen LogP contribution in [0, 0.1) is 0 Å². The zero-order valence-electron chi connectivity index (χ0n) is 25.0. The SMILES string of the molecule is CCc1cc(N2CCN(C)CC2)c2ccc(OC[C@H]3O[C@@H](c4cc(-c5ccn(C)n5)c5c(N)ncnn45)[C@H](O)[C@@H]3O)cc2n1. The average Bonchev–Trinajstić information content (AvgIpc) is 3.71. The van der Waals surface area contributed by atoms with Gasteiger partial charge in [-0.3, -0.25) is 9.67 Å². The largest absolute Gasteiger partial charge is 0.491 e. The Morgan fingerprint density at radius 3 is 2.61 bits per heavy atom. The number of hydrogen-bond acceptors (Lipinski definition) is 11. The highest BCUT2D eigenvalue weighted by molar-refractivity contribution is 5.93. The number of benzene rings is 1. The van der Waals surface area contributed by atoms with Crippen LogP contribution in [0.15, 0.2) is 48.9 Å². The van der Waals surface area contributed by atoms with Gasteiger partial charge in [0.2, 0.25) is 0 Å². The number of nitrogens with zero attached hydrogens (tertiary/aromatic N) is 8. The molecule has 2 fully saturated rings. The molecule has 5 aromatic rings. The minimum Gasteiger partial charge on any atom is -0.491 e. The van der Waals surface area contributed by atoms with Gasteiger partial charge in [0.1, 0.15) is 48.6 Å². The van der Waals surface area contributed by atoms with Crippen molar-refractivity contribution in [2.75, 3.05) is 50.5 Å². The lowest BCUT2D eigenvalue weighted by molar-refractivity contribution is -0.0187. The molecule has 1 aromatic carbocycles. The standard InChI is InChI=1S/C31H37N9O4/c1-4-18-13-24(39-11-9-37(2)10-12-39)20-6-5-19(14-23(20)35-18)43-16-26-28(41)29(42)30(44-26)25-15-21(22-7-8-38(3)36-22)27-31(32)33-17-34-40(25)27/h5-8,13-15,17,26,28-30,41-42H,4,9-12,16H2,1-3H3,(H2,32,33,34)/t26-,28-,29-,30+/m1/s1. The van der Waals surface area contributed by atoms with Crippen LogP contribution in [-0.4, -0.2) is 103 Å². The molecule has 0 unspecified atom stereocenters. The van der Waals surface area contributed by atoms with Gasteiger partial charge in [-0.15, -0.1) is 0 Å². The molecular formula is C31H37N9O4. The van der Waals surface area contributed by atoms with E-state index in [-0.39, 0.29) is 12.4 Å². The van der Waals surface area contributed by atoms with E-state index in [2.05, 4.69) is 45.0 Å². The molecule has 2 aliphatic heterocycles. The normalized spacial score (nSPS) is 22.8.